The van der Waals surface area contributed by atoms with Gasteiger partial charge in [0.15, 0.2) is 11.6 Å². The predicted octanol–water partition coefficient (Wildman–Crippen LogP) is 2.55. The summed E-state index contributed by atoms with van der Waals surface area (Å²) in [5, 5.41) is 11.4. The fraction of sp³-hybridized carbons (Fsp3) is 0.250. The number of anilines is 3. The fourth-order valence-corrected chi connectivity index (χ4v) is 4.78. The van der Waals surface area contributed by atoms with Crippen LogP contribution < -0.4 is 10.2 Å². The Morgan fingerprint density at radius 3 is 2.42 bits per heavy atom. The Balaban J connectivity index is 1.36. The molecule has 1 fully saturated rings. The van der Waals surface area contributed by atoms with Crippen molar-refractivity contribution in [3.8, 4) is 0 Å². The first-order chi connectivity index (χ1) is 14.9. The van der Waals surface area contributed by atoms with Crippen LogP contribution in [0.3, 0.4) is 0 Å². The van der Waals surface area contributed by atoms with Crippen LogP contribution in [0.1, 0.15) is 5.56 Å². The molecule has 0 radical (unpaired) electrons. The molecule has 0 amide bonds. The molecular formula is C20H20F2N6O2S. The van der Waals surface area contributed by atoms with Crippen molar-refractivity contribution in [1.29, 1.82) is 0 Å². The number of hydrogen-bond acceptors (Lipinski definition) is 7. The summed E-state index contributed by atoms with van der Waals surface area (Å²) in [4.78, 5) is 6.08. The van der Waals surface area contributed by atoms with Crippen molar-refractivity contribution < 1.29 is 17.2 Å². The first-order valence-electron chi connectivity index (χ1n) is 9.59. The molecule has 3 aromatic rings. The molecule has 162 valence electrons. The van der Waals surface area contributed by atoms with Crippen LogP contribution in [0.2, 0.25) is 0 Å². The lowest BCUT2D eigenvalue weighted by atomic mass is 10.2. The summed E-state index contributed by atoms with van der Waals surface area (Å²) in [5.74, 6) is -0.169. The lowest BCUT2D eigenvalue weighted by Crippen LogP contribution is -2.49. The Kier molecular flexibility index (Phi) is 6.05. The average Bonchev–Trinajstić information content (AvgIpc) is 2.77. The zero-order valence-corrected chi connectivity index (χ0v) is 17.3. The van der Waals surface area contributed by atoms with Crippen LogP contribution in [-0.4, -0.2) is 54.1 Å². The minimum atomic E-state index is -3.78. The summed E-state index contributed by atoms with van der Waals surface area (Å²) in [6.45, 7) is 1.25. The van der Waals surface area contributed by atoms with Crippen LogP contribution in [0.4, 0.5) is 26.2 Å². The lowest BCUT2D eigenvalue weighted by Gasteiger charge is -2.34. The Morgan fingerprint density at radius 1 is 0.935 bits per heavy atom. The van der Waals surface area contributed by atoms with Gasteiger partial charge in [-0.25, -0.2) is 22.2 Å². The molecular weight excluding hydrogens is 426 g/mol. The summed E-state index contributed by atoms with van der Waals surface area (Å²) in [5.41, 5.74) is -0.177. The van der Waals surface area contributed by atoms with Crippen molar-refractivity contribution in [2.45, 2.75) is 5.75 Å². The summed E-state index contributed by atoms with van der Waals surface area (Å²) in [7, 11) is -3.78. The molecule has 0 unspecified atom stereocenters. The lowest BCUT2D eigenvalue weighted by molar-refractivity contribution is 0.382. The molecule has 1 saturated heterocycles. The van der Waals surface area contributed by atoms with Gasteiger partial charge in [-0.2, -0.15) is 4.31 Å². The van der Waals surface area contributed by atoms with Crippen molar-refractivity contribution in [1.82, 2.24) is 19.5 Å². The Bertz CT molecular complexity index is 1140. The molecule has 31 heavy (non-hydrogen) atoms. The number of aromatic nitrogens is 3. The largest absolute Gasteiger partial charge is 0.352 e. The number of nitrogens with zero attached hydrogens (tertiary/aromatic N) is 5. The molecule has 0 bridgehead atoms. The van der Waals surface area contributed by atoms with Crippen LogP contribution in [0, 0.1) is 11.6 Å². The monoisotopic (exact) mass is 446 g/mol. The van der Waals surface area contributed by atoms with E-state index in [1.165, 1.54) is 4.31 Å². The van der Waals surface area contributed by atoms with Crippen molar-refractivity contribution in [2.75, 3.05) is 36.4 Å². The number of sulfonamides is 1. The predicted molar refractivity (Wildman–Crippen MR) is 112 cm³/mol. The van der Waals surface area contributed by atoms with Crippen LogP contribution in [0.5, 0.6) is 0 Å². The maximum absolute atomic E-state index is 13.8. The van der Waals surface area contributed by atoms with E-state index in [-0.39, 0.29) is 18.7 Å². The van der Waals surface area contributed by atoms with E-state index in [1.54, 1.807) is 18.3 Å². The second-order valence-electron chi connectivity index (χ2n) is 6.99. The number of nitrogens with one attached hydrogen (secondary N) is 1. The van der Waals surface area contributed by atoms with Gasteiger partial charge in [0, 0.05) is 37.9 Å². The minimum Gasteiger partial charge on any atom is -0.352 e. The van der Waals surface area contributed by atoms with Crippen LogP contribution in [0.15, 0.2) is 54.7 Å². The zero-order chi connectivity index (χ0) is 21.8. The Morgan fingerprint density at radius 2 is 1.74 bits per heavy atom. The number of pyridine rings is 1. The summed E-state index contributed by atoms with van der Waals surface area (Å²) in [6.07, 6.45) is 1.67. The smallest absolute Gasteiger partial charge is 0.218 e. The van der Waals surface area contributed by atoms with E-state index in [2.05, 4.69) is 20.5 Å². The van der Waals surface area contributed by atoms with Gasteiger partial charge in [0.25, 0.3) is 0 Å². The van der Waals surface area contributed by atoms with E-state index in [1.807, 2.05) is 23.1 Å². The number of hydrogen-bond donors (Lipinski definition) is 1. The maximum atomic E-state index is 13.8. The molecule has 0 spiro atoms. The highest BCUT2D eigenvalue weighted by atomic mass is 32.2. The molecule has 8 nitrogen and oxygen atoms in total. The number of benzene rings is 1. The van der Waals surface area contributed by atoms with E-state index in [9.17, 15) is 17.2 Å². The van der Waals surface area contributed by atoms with Crippen LogP contribution in [0.25, 0.3) is 0 Å². The van der Waals surface area contributed by atoms with Gasteiger partial charge in [0.1, 0.15) is 17.5 Å². The molecule has 0 saturated carbocycles. The number of piperazine rings is 1. The van der Waals surface area contributed by atoms with E-state index in [0.717, 1.165) is 18.2 Å². The van der Waals surface area contributed by atoms with Gasteiger partial charge in [0.05, 0.1) is 5.75 Å². The first kappa shape index (κ1) is 21.1. The molecule has 0 aliphatic carbocycles. The third-order valence-electron chi connectivity index (χ3n) is 4.87. The summed E-state index contributed by atoms with van der Waals surface area (Å²) >= 11 is 0. The maximum Gasteiger partial charge on any atom is 0.218 e. The van der Waals surface area contributed by atoms with E-state index in [0.29, 0.717) is 30.5 Å². The van der Waals surface area contributed by atoms with Crippen molar-refractivity contribution in [3.63, 3.8) is 0 Å². The number of rotatable bonds is 6. The summed E-state index contributed by atoms with van der Waals surface area (Å²) < 4.78 is 53.8. The van der Waals surface area contributed by atoms with E-state index >= 15 is 0 Å². The highest BCUT2D eigenvalue weighted by molar-refractivity contribution is 7.88. The van der Waals surface area contributed by atoms with Gasteiger partial charge in [-0.3, -0.25) is 0 Å². The SMILES string of the molecule is O=S(=O)(Cc1cc(F)ccc1F)N1CCN(c2ccc(Nc3ccccn3)nn2)CC1. The second kappa shape index (κ2) is 8.90. The second-order valence-corrected chi connectivity index (χ2v) is 8.96. The third-order valence-corrected chi connectivity index (χ3v) is 6.70. The topological polar surface area (TPSA) is 91.3 Å². The van der Waals surface area contributed by atoms with Gasteiger partial charge < -0.3 is 10.2 Å². The third kappa shape index (κ3) is 5.12. The van der Waals surface area contributed by atoms with Gasteiger partial charge in [-0.05, 0) is 42.5 Å². The van der Waals surface area contributed by atoms with E-state index in [4.69, 9.17) is 0 Å². The average molecular weight is 446 g/mol. The highest BCUT2D eigenvalue weighted by Gasteiger charge is 2.28. The Hall–Kier alpha value is -3.18. The van der Waals surface area contributed by atoms with Crippen LogP contribution in [-0.2, 0) is 15.8 Å². The minimum absolute atomic E-state index is 0.177. The van der Waals surface area contributed by atoms with Crippen molar-refractivity contribution in [3.05, 3.63) is 71.9 Å². The highest BCUT2D eigenvalue weighted by Crippen LogP contribution is 2.20. The molecule has 0 atom stereocenters. The normalized spacial score (nSPS) is 15.1. The van der Waals surface area contributed by atoms with Crippen LogP contribution >= 0.6 is 0 Å². The zero-order valence-electron chi connectivity index (χ0n) is 16.4. The molecule has 1 aromatic carbocycles. The quantitative estimate of drug-likeness (QED) is 0.622. The number of halogens is 2. The molecule has 2 aromatic heterocycles. The Labute approximate surface area is 178 Å². The standard InChI is InChI=1S/C20H20F2N6O2S/c21-16-4-5-17(22)15(13-16)14-31(29,30)28-11-9-27(10-12-28)20-7-6-19(25-26-20)24-18-3-1-2-8-23-18/h1-8,13H,9-12,14H2,(H,23,24,25). The molecule has 1 aliphatic heterocycles. The molecule has 1 N–H and O–H groups in total. The summed E-state index contributed by atoms with van der Waals surface area (Å²) in [6, 6.07) is 11.9. The van der Waals surface area contributed by atoms with Crippen molar-refractivity contribution in [2.24, 2.45) is 0 Å². The fourth-order valence-electron chi connectivity index (χ4n) is 3.27. The molecule has 3 heterocycles. The molecule has 11 heteroatoms. The van der Waals surface area contributed by atoms with Gasteiger partial charge in [-0.1, -0.05) is 6.07 Å². The van der Waals surface area contributed by atoms with E-state index < -0.39 is 27.4 Å². The van der Waals surface area contributed by atoms with Gasteiger partial charge in [-0.15, -0.1) is 10.2 Å². The van der Waals surface area contributed by atoms with Crippen molar-refractivity contribution >= 4 is 27.5 Å². The van der Waals surface area contributed by atoms with Gasteiger partial charge in [0.2, 0.25) is 10.0 Å². The first-order valence-corrected chi connectivity index (χ1v) is 11.2. The molecule has 1 aliphatic rings. The van der Waals surface area contributed by atoms with Gasteiger partial charge >= 0.3 is 0 Å². The molecule has 4 rings (SSSR count).